The maximum absolute atomic E-state index is 12.3. The van der Waals surface area contributed by atoms with Gasteiger partial charge < -0.3 is 11.1 Å². The molecule has 1 unspecified atom stereocenters. The standard InChI is InChI=1S/C14H18N4O2/c1-14(2,3)11(12(15)19)16-13(20)10-8-6-4-5-7-9(8)17-18-10/h4-7,11H,1-3H3,(H2,15,19)(H,16,20)(H,17,18). The van der Waals surface area contributed by atoms with Gasteiger partial charge in [0, 0.05) is 5.39 Å². The summed E-state index contributed by atoms with van der Waals surface area (Å²) in [6.45, 7) is 5.52. The molecule has 0 saturated carbocycles. The number of aromatic amines is 1. The molecular formula is C14H18N4O2. The molecule has 1 atom stereocenters. The Bertz CT molecular complexity index is 654. The number of fused-ring (bicyclic) bond motifs is 1. The lowest BCUT2D eigenvalue weighted by atomic mass is 9.86. The molecule has 0 radical (unpaired) electrons. The van der Waals surface area contributed by atoms with Gasteiger partial charge in [-0.1, -0.05) is 39.0 Å². The van der Waals surface area contributed by atoms with Crippen LogP contribution in [0.4, 0.5) is 0 Å². The first-order valence-electron chi connectivity index (χ1n) is 6.34. The second-order valence-corrected chi connectivity index (χ2v) is 5.79. The third kappa shape index (κ3) is 2.64. The second kappa shape index (κ2) is 4.96. The van der Waals surface area contributed by atoms with Crippen molar-refractivity contribution in [3.63, 3.8) is 0 Å². The fourth-order valence-electron chi connectivity index (χ4n) is 2.05. The number of nitrogens with two attached hydrogens (primary N) is 1. The summed E-state index contributed by atoms with van der Waals surface area (Å²) in [7, 11) is 0. The van der Waals surface area contributed by atoms with Gasteiger partial charge in [0.15, 0.2) is 5.69 Å². The van der Waals surface area contributed by atoms with Crippen LogP contribution in [-0.4, -0.2) is 28.1 Å². The minimum Gasteiger partial charge on any atom is -0.368 e. The Balaban J connectivity index is 2.30. The van der Waals surface area contributed by atoms with Crippen LogP contribution in [0, 0.1) is 5.41 Å². The molecule has 1 aromatic carbocycles. The molecule has 6 nitrogen and oxygen atoms in total. The first kappa shape index (κ1) is 14.0. The molecular weight excluding hydrogens is 256 g/mol. The molecule has 20 heavy (non-hydrogen) atoms. The Kier molecular flexibility index (Phi) is 3.48. The molecule has 0 aliphatic rings. The van der Waals surface area contributed by atoms with Crippen LogP contribution < -0.4 is 11.1 Å². The smallest absolute Gasteiger partial charge is 0.273 e. The van der Waals surface area contributed by atoms with Crippen molar-refractivity contribution < 1.29 is 9.59 Å². The summed E-state index contributed by atoms with van der Waals surface area (Å²) in [6.07, 6.45) is 0. The number of carbonyl (C=O) groups is 2. The summed E-state index contributed by atoms with van der Waals surface area (Å²) in [5.41, 5.74) is 5.92. The van der Waals surface area contributed by atoms with Gasteiger partial charge in [0.2, 0.25) is 5.91 Å². The van der Waals surface area contributed by atoms with Crippen molar-refractivity contribution in [1.29, 1.82) is 0 Å². The van der Waals surface area contributed by atoms with Crippen LogP contribution in [0.15, 0.2) is 24.3 Å². The molecule has 1 aromatic heterocycles. The summed E-state index contributed by atoms with van der Waals surface area (Å²) < 4.78 is 0. The lowest BCUT2D eigenvalue weighted by Gasteiger charge is -2.28. The van der Waals surface area contributed by atoms with Crippen molar-refractivity contribution in [2.45, 2.75) is 26.8 Å². The molecule has 0 saturated heterocycles. The van der Waals surface area contributed by atoms with Gasteiger partial charge in [-0.05, 0) is 11.5 Å². The molecule has 0 aliphatic heterocycles. The lowest BCUT2D eigenvalue weighted by Crippen LogP contribution is -2.52. The van der Waals surface area contributed by atoms with E-state index in [0.717, 1.165) is 5.52 Å². The molecule has 6 heteroatoms. The number of para-hydroxylation sites is 1. The number of nitrogens with zero attached hydrogens (tertiary/aromatic N) is 1. The van der Waals surface area contributed by atoms with E-state index in [4.69, 9.17) is 5.73 Å². The molecule has 0 spiro atoms. The fourth-order valence-corrected chi connectivity index (χ4v) is 2.05. The van der Waals surface area contributed by atoms with Gasteiger partial charge in [0.25, 0.3) is 5.91 Å². The average Bonchev–Trinajstić information content (AvgIpc) is 2.77. The number of hydrogen-bond donors (Lipinski definition) is 3. The third-order valence-electron chi connectivity index (χ3n) is 3.11. The van der Waals surface area contributed by atoms with Crippen LogP contribution in [0.2, 0.25) is 0 Å². The summed E-state index contributed by atoms with van der Waals surface area (Å²) >= 11 is 0. The summed E-state index contributed by atoms with van der Waals surface area (Å²) in [5, 5.41) is 10.1. The van der Waals surface area contributed by atoms with E-state index in [1.165, 1.54) is 0 Å². The van der Waals surface area contributed by atoms with E-state index in [-0.39, 0.29) is 5.69 Å². The predicted octanol–water partition coefficient (Wildman–Crippen LogP) is 1.19. The van der Waals surface area contributed by atoms with Gasteiger partial charge in [-0.15, -0.1) is 0 Å². The van der Waals surface area contributed by atoms with Crippen molar-refractivity contribution in [2.75, 3.05) is 0 Å². The maximum atomic E-state index is 12.3. The van der Waals surface area contributed by atoms with E-state index in [1.54, 1.807) is 6.07 Å². The van der Waals surface area contributed by atoms with E-state index in [2.05, 4.69) is 15.5 Å². The molecule has 106 valence electrons. The number of amides is 2. The molecule has 4 N–H and O–H groups in total. The number of H-pyrrole nitrogens is 1. The van der Waals surface area contributed by atoms with Crippen molar-refractivity contribution >= 4 is 22.7 Å². The highest BCUT2D eigenvalue weighted by molar-refractivity contribution is 6.05. The van der Waals surface area contributed by atoms with Crippen molar-refractivity contribution in [3.8, 4) is 0 Å². The normalized spacial score (nSPS) is 13.2. The van der Waals surface area contributed by atoms with Crippen LogP contribution in [0.1, 0.15) is 31.3 Å². The van der Waals surface area contributed by atoms with Crippen molar-refractivity contribution in [1.82, 2.24) is 15.5 Å². The van der Waals surface area contributed by atoms with Gasteiger partial charge in [-0.25, -0.2) is 0 Å². The lowest BCUT2D eigenvalue weighted by molar-refractivity contribution is -0.122. The van der Waals surface area contributed by atoms with Crippen LogP contribution in [0.5, 0.6) is 0 Å². The summed E-state index contributed by atoms with van der Waals surface area (Å²) in [4.78, 5) is 23.8. The van der Waals surface area contributed by atoms with E-state index >= 15 is 0 Å². The van der Waals surface area contributed by atoms with Crippen molar-refractivity contribution in [2.24, 2.45) is 11.1 Å². The molecule has 0 bridgehead atoms. The number of primary amides is 1. The maximum Gasteiger partial charge on any atom is 0.273 e. The summed E-state index contributed by atoms with van der Waals surface area (Å²) in [5.74, 6) is -0.980. The minimum atomic E-state index is -0.759. The zero-order valence-electron chi connectivity index (χ0n) is 11.7. The molecule has 2 aromatic rings. The molecule has 0 aliphatic carbocycles. The first-order valence-corrected chi connectivity index (χ1v) is 6.34. The topological polar surface area (TPSA) is 101 Å². The number of carbonyl (C=O) groups excluding carboxylic acids is 2. The van der Waals surface area contributed by atoms with Gasteiger partial charge >= 0.3 is 0 Å². The SMILES string of the molecule is CC(C)(C)C(NC(=O)c1n[nH]c2ccccc12)C(N)=O. The van der Waals surface area contributed by atoms with Crippen LogP contribution >= 0.6 is 0 Å². The molecule has 1 heterocycles. The first-order chi connectivity index (χ1) is 9.30. The van der Waals surface area contributed by atoms with Crippen molar-refractivity contribution in [3.05, 3.63) is 30.0 Å². The Hall–Kier alpha value is -2.37. The van der Waals surface area contributed by atoms with Gasteiger partial charge in [0.05, 0.1) is 5.52 Å². The number of aromatic nitrogens is 2. The molecule has 2 rings (SSSR count). The Morgan fingerprint density at radius 3 is 2.55 bits per heavy atom. The third-order valence-corrected chi connectivity index (χ3v) is 3.11. The highest BCUT2D eigenvalue weighted by atomic mass is 16.2. The molecule has 2 amide bonds. The average molecular weight is 274 g/mol. The number of nitrogens with one attached hydrogen (secondary N) is 2. The number of benzene rings is 1. The van der Waals surface area contributed by atoms with E-state index in [0.29, 0.717) is 5.39 Å². The Morgan fingerprint density at radius 1 is 1.30 bits per heavy atom. The Labute approximate surface area is 116 Å². The minimum absolute atomic E-state index is 0.260. The van der Waals surface area contributed by atoms with E-state index in [1.807, 2.05) is 39.0 Å². The van der Waals surface area contributed by atoms with Crippen LogP contribution in [0.3, 0.4) is 0 Å². The van der Waals surface area contributed by atoms with E-state index < -0.39 is 23.3 Å². The summed E-state index contributed by atoms with van der Waals surface area (Å²) in [6, 6.07) is 6.54. The number of rotatable bonds is 3. The highest BCUT2D eigenvalue weighted by Gasteiger charge is 2.32. The monoisotopic (exact) mass is 274 g/mol. The Morgan fingerprint density at radius 2 is 1.95 bits per heavy atom. The number of hydrogen-bond acceptors (Lipinski definition) is 3. The molecule has 0 fully saturated rings. The van der Waals surface area contributed by atoms with Crippen LogP contribution in [0.25, 0.3) is 10.9 Å². The second-order valence-electron chi connectivity index (χ2n) is 5.79. The van der Waals surface area contributed by atoms with Gasteiger partial charge in [-0.2, -0.15) is 5.10 Å². The zero-order chi connectivity index (χ0) is 14.9. The van der Waals surface area contributed by atoms with E-state index in [9.17, 15) is 9.59 Å². The van der Waals surface area contributed by atoms with Gasteiger partial charge in [-0.3, -0.25) is 14.7 Å². The fraction of sp³-hybridized carbons (Fsp3) is 0.357. The quantitative estimate of drug-likeness (QED) is 0.783. The largest absolute Gasteiger partial charge is 0.368 e. The predicted molar refractivity (Wildman–Crippen MR) is 76.0 cm³/mol. The highest BCUT2D eigenvalue weighted by Crippen LogP contribution is 2.20. The van der Waals surface area contributed by atoms with Gasteiger partial charge in [0.1, 0.15) is 6.04 Å². The zero-order valence-corrected chi connectivity index (χ0v) is 11.7. The van der Waals surface area contributed by atoms with Crippen LogP contribution in [-0.2, 0) is 4.79 Å².